The van der Waals surface area contributed by atoms with Crippen molar-refractivity contribution in [1.82, 2.24) is 9.97 Å². The minimum Gasteiger partial charge on any atom is -0.375 e. The number of hydrogen-bond donors (Lipinski definition) is 1. The van der Waals surface area contributed by atoms with Crippen molar-refractivity contribution < 1.29 is 31.1 Å². The van der Waals surface area contributed by atoms with Gasteiger partial charge in [0.25, 0.3) is 0 Å². The van der Waals surface area contributed by atoms with Gasteiger partial charge in [-0.3, -0.25) is 9.78 Å². The van der Waals surface area contributed by atoms with Crippen LogP contribution < -0.4 is 5.73 Å². The molecule has 3 rings (SSSR count). The number of hydrogen-bond acceptors (Lipinski definition) is 5. The van der Waals surface area contributed by atoms with E-state index in [1.54, 1.807) is 0 Å². The van der Waals surface area contributed by atoms with Crippen LogP contribution in [-0.4, -0.2) is 15.8 Å². The molecule has 0 unspecified atom stereocenters. The number of nitrogens with zero attached hydrogens (tertiary/aromatic N) is 2. The number of aromatic nitrogens is 2. The highest BCUT2D eigenvalue weighted by Crippen LogP contribution is 2.39. The number of thiazole rings is 1. The second kappa shape index (κ2) is 8.05. The van der Waals surface area contributed by atoms with E-state index < -0.39 is 47.3 Å². The monoisotopic (exact) mass is 445 g/mol. The first-order valence-electron chi connectivity index (χ1n) is 8.40. The van der Waals surface area contributed by atoms with Crippen LogP contribution in [0.25, 0.3) is 0 Å². The fourth-order valence-electron chi connectivity index (χ4n) is 2.92. The molecule has 0 radical (unpaired) electrons. The first-order valence-corrected chi connectivity index (χ1v) is 9.28. The van der Waals surface area contributed by atoms with E-state index >= 15 is 0 Å². The first kappa shape index (κ1) is 21.8. The number of alkyl halides is 6. The molecule has 0 saturated heterocycles. The van der Waals surface area contributed by atoms with Crippen LogP contribution in [0.3, 0.4) is 0 Å². The number of carbonyl (C=O) groups excluding carboxylic acids is 1. The fourth-order valence-corrected chi connectivity index (χ4v) is 3.48. The van der Waals surface area contributed by atoms with Crippen LogP contribution in [0.15, 0.2) is 48.0 Å². The summed E-state index contributed by atoms with van der Waals surface area (Å²) in [4.78, 5) is 20.2. The van der Waals surface area contributed by atoms with Gasteiger partial charge >= 0.3 is 12.4 Å². The number of anilines is 1. The Hall–Kier alpha value is -2.95. The molecule has 2 heterocycles. The Labute approximate surface area is 170 Å². The van der Waals surface area contributed by atoms with E-state index in [-0.39, 0.29) is 16.4 Å². The molecule has 0 aliphatic heterocycles. The van der Waals surface area contributed by atoms with Crippen LogP contribution in [-0.2, 0) is 12.4 Å². The molecular formula is C19H13F6N3OS. The molecule has 30 heavy (non-hydrogen) atoms. The van der Waals surface area contributed by atoms with Gasteiger partial charge in [-0.25, -0.2) is 4.98 Å². The third-order valence-electron chi connectivity index (χ3n) is 4.31. The van der Waals surface area contributed by atoms with Crippen molar-refractivity contribution in [2.45, 2.75) is 24.7 Å². The second-order valence-corrected chi connectivity index (χ2v) is 7.19. The summed E-state index contributed by atoms with van der Waals surface area (Å²) in [6, 6.07) is 5.51. The van der Waals surface area contributed by atoms with Gasteiger partial charge < -0.3 is 5.73 Å². The maximum atomic E-state index is 13.5. The first-order chi connectivity index (χ1) is 14.0. The minimum absolute atomic E-state index is 0.0288. The molecule has 3 aromatic rings. The topological polar surface area (TPSA) is 68.9 Å². The Bertz CT molecular complexity index is 1040. The van der Waals surface area contributed by atoms with Gasteiger partial charge in [0.2, 0.25) is 0 Å². The number of ketones is 1. The Morgan fingerprint density at radius 1 is 1.03 bits per heavy atom. The standard InChI is InChI=1S/C19H13F6N3OS/c20-18(21,22)11-5-3-10(4-6-11)12(8-15(29)14-9-30-17(26)28-14)16-13(19(23,24)25)2-1-7-27-16/h1-7,9,12H,8H2,(H2,26,28)/t12-/m0/s1. The number of rotatable bonds is 5. The third-order valence-corrected chi connectivity index (χ3v) is 4.99. The highest BCUT2D eigenvalue weighted by Gasteiger charge is 2.37. The van der Waals surface area contributed by atoms with E-state index in [4.69, 9.17) is 5.73 Å². The molecule has 4 nitrogen and oxygen atoms in total. The van der Waals surface area contributed by atoms with Crippen molar-refractivity contribution in [2.75, 3.05) is 5.73 Å². The van der Waals surface area contributed by atoms with Crippen molar-refractivity contribution in [3.8, 4) is 0 Å². The normalized spacial score (nSPS) is 13.3. The van der Waals surface area contributed by atoms with Crippen LogP contribution in [0.2, 0.25) is 0 Å². The van der Waals surface area contributed by atoms with Gasteiger partial charge in [0, 0.05) is 23.9 Å². The van der Waals surface area contributed by atoms with Crippen LogP contribution >= 0.6 is 11.3 Å². The fraction of sp³-hybridized carbons (Fsp3) is 0.211. The summed E-state index contributed by atoms with van der Waals surface area (Å²) in [5.74, 6) is -1.84. The van der Waals surface area contributed by atoms with Gasteiger partial charge in [0.05, 0.1) is 16.8 Å². The molecule has 0 saturated carbocycles. The summed E-state index contributed by atoms with van der Waals surface area (Å²) in [7, 11) is 0. The van der Waals surface area contributed by atoms with E-state index in [9.17, 15) is 31.1 Å². The number of halogens is 6. The Morgan fingerprint density at radius 3 is 2.23 bits per heavy atom. The van der Waals surface area contributed by atoms with Crippen molar-refractivity contribution in [2.24, 2.45) is 0 Å². The quantitative estimate of drug-likeness (QED) is 0.412. The molecule has 0 amide bonds. The van der Waals surface area contributed by atoms with E-state index in [0.29, 0.717) is 0 Å². The summed E-state index contributed by atoms with van der Waals surface area (Å²) < 4.78 is 79.1. The molecule has 0 fully saturated rings. The lowest BCUT2D eigenvalue weighted by Crippen LogP contribution is -2.17. The van der Waals surface area contributed by atoms with Gasteiger partial charge in [-0.2, -0.15) is 26.3 Å². The smallest absolute Gasteiger partial charge is 0.375 e. The zero-order valence-corrected chi connectivity index (χ0v) is 15.8. The molecular weight excluding hydrogens is 432 g/mol. The highest BCUT2D eigenvalue weighted by atomic mass is 32.1. The van der Waals surface area contributed by atoms with Crippen molar-refractivity contribution in [3.63, 3.8) is 0 Å². The predicted octanol–water partition coefficient (Wildman–Crippen LogP) is 5.56. The molecule has 2 N–H and O–H groups in total. The average molecular weight is 445 g/mol. The van der Waals surface area contributed by atoms with E-state index in [1.165, 1.54) is 5.38 Å². The number of nitrogen functional groups attached to an aromatic ring is 1. The molecule has 0 aliphatic rings. The zero-order valence-electron chi connectivity index (χ0n) is 15.0. The van der Waals surface area contributed by atoms with E-state index in [2.05, 4.69) is 9.97 Å². The van der Waals surface area contributed by atoms with Crippen molar-refractivity contribution >= 4 is 22.3 Å². The van der Waals surface area contributed by atoms with Gasteiger partial charge in [-0.1, -0.05) is 12.1 Å². The second-order valence-electron chi connectivity index (χ2n) is 6.30. The van der Waals surface area contributed by atoms with Crippen LogP contribution in [0.1, 0.15) is 45.2 Å². The summed E-state index contributed by atoms with van der Waals surface area (Å²) >= 11 is 0.989. The highest BCUT2D eigenvalue weighted by molar-refractivity contribution is 7.13. The summed E-state index contributed by atoms with van der Waals surface area (Å²) in [6.07, 6.45) is -8.71. The predicted molar refractivity (Wildman–Crippen MR) is 98.0 cm³/mol. The number of pyridine rings is 1. The van der Waals surface area contributed by atoms with Crippen LogP contribution in [0, 0.1) is 0 Å². The van der Waals surface area contributed by atoms with Crippen molar-refractivity contribution in [3.05, 3.63) is 76.1 Å². The summed E-state index contributed by atoms with van der Waals surface area (Å²) in [6.45, 7) is 0. The van der Waals surface area contributed by atoms with Gasteiger partial charge in [0.1, 0.15) is 5.69 Å². The molecule has 1 atom stereocenters. The number of Topliss-reactive ketones (excluding diaryl/α,β-unsaturated/α-hetero) is 1. The zero-order chi connectivity index (χ0) is 22.1. The Kier molecular flexibility index (Phi) is 5.84. The lowest BCUT2D eigenvalue weighted by molar-refractivity contribution is -0.139. The van der Waals surface area contributed by atoms with Crippen LogP contribution in [0.4, 0.5) is 31.5 Å². The Morgan fingerprint density at radius 2 is 1.70 bits per heavy atom. The molecule has 0 aliphatic carbocycles. The number of carbonyl (C=O) groups is 1. The SMILES string of the molecule is Nc1nc(C(=O)C[C@@H](c2ccc(C(F)(F)F)cc2)c2ncccc2C(F)(F)F)cs1. The molecule has 158 valence electrons. The number of benzene rings is 1. The minimum atomic E-state index is -4.76. The number of nitrogens with two attached hydrogens (primary N) is 1. The Balaban J connectivity index is 2.07. The molecule has 2 aromatic heterocycles. The van der Waals surface area contributed by atoms with Crippen molar-refractivity contribution in [1.29, 1.82) is 0 Å². The molecule has 0 spiro atoms. The van der Waals surface area contributed by atoms with E-state index in [0.717, 1.165) is 53.9 Å². The van der Waals surface area contributed by atoms with Gasteiger partial charge in [-0.15, -0.1) is 11.3 Å². The molecule has 11 heteroatoms. The molecule has 0 bridgehead atoms. The lowest BCUT2D eigenvalue weighted by Gasteiger charge is -2.21. The average Bonchev–Trinajstić information content (AvgIpc) is 3.11. The summed E-state index contributed by atoms with van der Waals surface area (Å²) in [5, 5.41) is 1.48. The van der Waals surface area contributed by atoms with Gasteiger partial charge in [-0.05, 0) is 29.8 Å². The van der Waals surface area contributed by atoms with E-state index in [1.807, 2.05) is 0 Å². The summed E-state index contributed by atoms with van der Waals surface area (Å²) in [5.41, 5.74) is 3.07. The van der Waals surface area contributed by atoms with Crippen LogP contribution in [0.5, 0.6) is 0 Å². The molecule has 1 aromatic carbocycles. The maximum Gasteiger partial charge on any atom is 0.418 e. The lowest BCUT2D eigenvalue weighted by atomic mass is 9.87. The third kappa shape index (κ3) is 4.78. The van der Waals surface area contributed by atoms with Gasteiger partial charge in [0.15, 0.2) is 10.9 Å². The maximum absolute atomic E-state index is 13.5. The largest absolute Gasteiger partial charge is 0.418 e.